The molecule has 5 heteroatoms. The van der Waals surface area contributed by atoms with Crippen LogP contribution < -0.4 is 17.2 Å². The molecule has 0 bridgehead atoms. The first kappa shape index (κ1) is 9.88. The minimum Gasteiger partial charge on any atom is -0.399 e. The average Bonchev–Trinajstić information content (AvgIpc) is 2.10. The number of nitrogens with two attached hydrogens (primary N) is 3. The molecule has 1 aromatic rings. The highest BCUT2D eigenvalue weighted by molar-refractivity contribution is 5.43. The van der Waals surface area contributed by atoms with Crippen molar-refractivity contribution in [3.05, 3.63) is 29.3 Å². The summed E-state index contributed by atoms with van der Waals surface area (Å²) in [5.41, 5.74) is 16.1. The Morgan fingerprint density at radius 3 is 2.46 bits per heavy atom. The maximum Gasteiger partial charge on any atom is 0.163 e. The second-order valence-corrected chi connectivity index (χ2v) is 2.75. The topological polar surface area (TPSA) is 78.1 Å². The molecular formula is C8H11F2N3. The van der Waals surface area contributed by atoms with Crippen LogP contribution in [0.2, 0.25) is 0 Å². The fraction of sp³-hybridized carbons (Fsp3) is 0.250. The molecule has 72 valence electrons. The van der Waals surface area contributed by atoms with E-state index < -0.39 is 17.7 Å². The van der Waals surface area contributed by atoms with Gasteiger partial charge in [-0.15, -0.1) is 0 Å². The molecule has 6 N–H and O–H groups in total. The van der Waals surface area contributed by atoms with Gasteiger partial charge in [-0.3, -0.25) is 0 Å². The monoisotopic (exact) mass is 187 g/mol. The SMILES string of the molecule is NC[C@@H](N)c1cc(N)cc(F)c1F. The number of benzene rings is 1. The van der Waals surface area contributed by atoms with Crippen LogP contribution in [0.15, 0.2) is 12.1 Å². The Bertz CT molecular complexity index is 315. The van der Waals surface area contributed by atoms with Crippen LogP contribution in [0.25, 0.3) is 0 Å². The van der Waals surface area contributed by atoms with E-state index in [9.17, 15) is 8.78 Å². The van der Waals surface area contributed by atoms with E-state index in [2.05, 4.69) is 0 Å². The number of nitrogen functional groups attached to an aromatic ring is 1. The molecule has 13 heavy (non-hydrogen) atoms. The Morgan fingerprint density at radius 2 is 1.92 bits per heavy atom. The highest BCUT2D eigenvalue weighted by Crippen LogP contribution is 2.20. The Kier molecular flexibility index (Phi) is 2.79. The standard InChI is InChI=1S/C8H11F2N3/c9-6-2-4(12)1-5(8(6)10)7(13)3-11/h1-2,7H,3,11-13H2/t7-/m1/s1. The van der Waals surface area contributed by atoms with Crippen molar-refractivity contribution in [3.63, 3.8) is 0 Å². The van der Waals surface area contributed by atoms with Gasteiger partial charge in [-0.25, -0.2) is 8.78 Å². The second kappa shape index (κ2) is 3.68. The Hall–Kier alpha value is -1.20. The van der Waals surface area contributed by atoms with Gasteiger partial charge in [0.1, 0.15) is 0 Å². The van der Waals surface area contributed by atoms with E-state index in [0.717, 1.165) is 6.07 Å². The molecule has 1 atom stereocenters. The van der Waals surface area contributed by atoms with E-state index in [1.807, 2.05) is 0 Å². The zero-order chi connectivity index (χ0) is 10.0. The van der Waals surface area contributed by atoms with Crippen molar-refractivity contribution in [1.82, 2.24) is 0 Å². The molecule has 3 nitrogen and oxygen atoms in total. The van der Waals surface area contributed by atoms with Crippen molar-refractivity contribution >= 4 is 5.69 Å². The summed E-state index contributed by atoms with van der Waals surface area (Å²) in [6, 6.07) is 1.47. The molecule has 0 amide bonds. The molecule has 0 heterocycles. The first-order valence-electron chi connectivity index (χ1n) is 3.76. The zero-order valence-electron chi connectivity index (χ0n) is 6.93. The molecule has 0 aliphatic heterocycles. The van der Waals surface area contributed by atoms with Crippen molar-refractivity contribution in [2.75, 3.05) is 12.3 Å². The summed E-state index contributed by atoms with van der Waals surface area (Å²) < 4.78 is 25.8. The summed E-state index contributed by atoms with van der Waals surface area (Å²) in [6.45, 7) is 0.0415. The van der Waals surface area contributed by atoms with E-state index in [0.29, 0.717) is 0 Å². The van der Waals surface area contributed by atoms with E-state index in [-0.39, 0.29) is 17.8 Å². The van der Waals surface area contributed by atoms with Gasteiger partial charge in [-0.05, 0) is 12.1 Å². The van der Waals surface area contributed by atoms with Crippen LogP contribution in [0.3, 0.4) is 0 Å². The summed E-state index contributed by atoms with van der Waals surface area (Å²) in [5.74, 6) is -1.98. The summed E-state index contributed by atoms with van der Waals surface area (Å²) in [4.78, 5) is 0. The van der Waals surface area contributed by atoms with Crippen LogP contribution in [0.4, 0.5) is 14.5 Å². The Morgan fingerprint density at radius 1 is 1.31 bits per heavy atom. The van der Waals surface area contributed by atoms with Gasteiger partial charge in [0.15, 0.2) is 11.6 Å². The smallest absolute Gasteiger partial charge is 0.163 e. The fourth-order valence-electron chi connectivity index (χ4n) is 1.03. The molecule has 1 aromatic carbocycles. The summed E-state index contributed by atoms with van der Waals surface area (Å²) in [6.07, 6.45) is 0. The lowest BCUT2D eigenvalue weighted by Crippen LogP contribution is -2.22. The van der Waals surface area contributed by atoms with E-state index in [1.54, 1.807) is 0 Å². The van der Waals surface area contributed by atoms with E-state index in [1.165, 1.54) is 6.07 Å². The number of hydrogen-bond donors (Lipinski definition) is 3. The second-order valence-electron chi connectivity index (χ2n) is 2.75. The predicted molar refractivity (Wildman–Crippen MR) is 46.8 cm³/mol. The van der Waals surface area contributed by atoms with Crippen LogP contribution in [0.5, 0.6) is 0 Å². The third-order valence-electron chi connectivity index (χ3n) is 1.73. The third kappa shape index (κ3) is 1.93. The van der Waals surface area contributed by atoms with E-state index >= 15 is 0 Å². The molecule has 0 aromatic heterocycles. The highest BCUT2D eigenvalue weighted by atomic mass is 19.2. The maximum absolute atomic E-state index is 13.1. The summed E-state index contributed by atoms with van der Waals surface area (Å²) >= 11 is 0. The molecule has 0 unspecified atom stereocenters. The van der Waals surface area contributed by atoms with Gasteiger partial charge in [0.05, 0.1) is 0 Å². The van der Waals surface area contributed by atoms with Crippen molar-refractivity contribution in [1.29, 1.82) is 0 Å². The van der Waals surface area contributed by atoms with Crippen molar-refractivity contribution < 1.29 is 8.78 Å². The van der Waals surface area contributed by atoms with Crippen LogP contribution in [-0.2, 0) is 0 Å². The van der Waals surface area contributed by atoms with Crippen molar-refractivity contribution in [3.8, 4) is 0 Å². The van der Waals surface area contributed by atoms with E-state index in [4.69, 9.17) is 17.2 Å². The number of rotatable bonds is 2. The van der Waals surface area contributed by atoms with Gasteiger partial charge in [0.2, 0.25) is 0 Å². The number of anilines is 1. The van der Waals surface area contributed by atoms with Gasteiger partial charge in [-0.2, -0.15) is 0 Å². The molecule has 0 aliphatic carbocycles. The normalized spacial score (nSPS) is 12.9. The van der Waals surface area contributed by atoms with Crippen LogP contribution in [-0.4, -0.2) is 6.54 Å². The lowest BCUT2D eigenvalue weighted by atomic mass is 10.1. The van der Waals surface area contributed by atoms with Gasteiger partial charge in [0.25, 0.3) is 0 Å². The maximum atomic E-state index is 13.1. The predicted octanol–water partition coefficient (Wildman–Crippen LogP) is 0.506. The van der Waals surface area contributed by atoms with Crippen LogP contribution >= 0.6 is 0 Å². The quantitative estimate of drug-likeness (QED) is 0.590. The Labute approximate surface area is 74.5 Å². The molecule has 0 saturated carbocycles. The molecule has 0 saturated heterocycles. The van der Waals surface area contributed by atoms with Crippen molar-refractivity contribution in [2.45, 2.75) is 6.04 Å². The third-order valence-corrected chi connectivity index (χ3v) is 1.73. The van der Waals surface area contributed by atoms with Gasteiger partial charge in [0, 0.05) is 23.8 Å². The molecule has 0 radical (unpaired) electrons. The lowest BCUT2D eigenvalue weighted by molar-refractivity contribution is 0.490. The molecule has 0 aliphatic rings. The van der Waals surface area contributed by atoms with Gasteiger partial charge >= 0.3 is 0 Å². The molecular weight excluding hydrogens is 176 g/mol. The molecule has 0 fully saturated rings. The summed E-state index contributed by atoms with van der Waals surface area (Å²) in [7, 11) is 0. The average molecular weight is 187 g/mol. The van der Waals surface area contributed by atoms with Gasteiger partial charge in [-0.1, -0.05) is 0 Å². The number of halogens is 2. The largest absolute Gasteiger partial charge is 0.399 e. The summed E-state index contributed by atoms with van der Waals surface area (Å²) in [5, 5.41) is 0. The fourth-order valence-corrected chi connectivity index (χ4v) is 1.03. The zero-order valence-corrected chi connectivity index (χ0v) is 6.93. The lowest BCUT2D eigenvalue weighted by Gasteiger charge is -2.11. The van der Waals surface area contributed by atoms with Crippen LogP contribution in [0.1, 0.15) is 11.6 Å². The van der Waals surface area contributed by atoms with Crippen LogP contribution in [0, 0.1) is 11.6 Å². The number of hydrogen-bond acceptors (Lipinski definition) is 3. The minimum atomic E-state index is -1.00. The van der Waals surface area contributed by atoms with Gasteiger partial charge < -0.3 is 17.2 Å². The Balaban J connectivity index is 3.20. The molecule has 0 spiro atoms. The first-order chi connectivity index (χ1) is 6.06. The van der Waals surface area contributed by atoms with Crippen molar-refractivity contribution in [2.24, 2.45) is 11.5 Å². The molecule has 1 rings (SSSR count). The highest BCUT2D eigenvalue weighted by Gasteiger charge is 2.14. The first-order valence-corrected chi connectivity index (χ1v) is 3.76. The minimum absolute atomic E-state index is 0.0139.